The van der Waals surface area contributed by atoms with Gasteiger partial charge in [-0.15, -0.1) is 0 Å². The normalized spacial score (nSPS) is 11.3. The minimum atomic E-state index is -4.52. The van der Waals surface area contributed by atoms with Gasteiger partial charge in [0.1, 0.15) is 5.69 Å². The van der Waals surface area contributed by atoms with E-state index in [1.54, 1.807) is 4.90 Å². The fourth-order valence-electron chi connectivity index (χ4n) is 1.97. The molecule has 0 spiro atoms. The van der Waals surface area contributed by atoms with Crippen molar-refractivity contribution in [3.63, 3.8) is 0 Å². The Morgan fingerprint density at radius 2 is 1.92 bits per heavy atom. The van der Waals surface area contributed by atoms with Crippen molar-refractivity contribution in [2.75, 3.05) is 12.3 Å². The number of hydrogen-bond acceptors (Lipinski definition) is 4. The summed E-state index contributed by atoms with van der Waals surface area (Å²) < 4.78 is 37.9. The molecule has 2 aromatic rings. The Kier molecular flexibility index (Phi) is 6.19. The third-order valence-corrected chi connectivity index (χ3v) is 4.05. The molecule has 1 aromatic carbocycles. The topological polar surface area (TPSA) is 46.1 Å². The van der Waals surface area contributed by atoms with Crippen LogP contribution >= 0.6 is 11.8 Å². The van der Waals surface area contributed by atoms with Crippen molar-refractivity contribution in [3.05, 3.63) is 53.9 Å². The lowest BCUT2D eigenvalue weighted by Crippen LogP contribution is -2.31. The van der Waals surface area contributed by atoms with Crippen LogP contribution in [-0.4, -0.2) is 33.1 Å². The van der Waals surface area contributed by atoms with Gasteiger partial charge < -0.3 is 4.90 Å². The first-order chi connectivity index (χ1) is 11.4. The van der Waals surface area contributed by atoms with Crippen LogP contribution in [0, 0.1) is 0 Å². The summed E-state index contributed by atoms with van der Waals surface area (Å²) in [6, 6.07) is 10.3. The average Bonchev–Trinajstić information content (AvgIpc) is 2.58. The third kappa shape index (κ3) is 5.23. The van der Waals surface area contributed by atoms with E-state index < -0.39 is 11.9 Å². The molecule has 128 valence electrons. The van der Waals surface area contributed by atoms with E-state index in [1.165, 1.54) is 0 Å². The predicted octanol–water partition coefficient (Wildman–Crippen LogP) is 3.64. The van der Waals surface area contributed by atoms with Crippen LogP contribution in [0.25, 0.3) is 0 Å². The van der Waals surface area contributed by atoms with Crippen LogP contribution in [0.2, 0.25) is 0 Å². The molecular formula is C16H16F3N3OS. The van der Waals surface area contributed by atoms with Gasteiger partial charge in [-0.2, -0.15) is 13.2 Å². The van der Waals surface area contributed by atoms with Crippen molar-refractivity contribution in [2.45, 2.75) is 24.8 Å². The molecule has 1 aromatic heterocycles. The number of aromatic nitrogens is 2. The second-order valence-electron chi connectivity index (χ2n) is 4.90. The van der Waals surface area contributed by atoms with Crippen LogP contribution in [0.1, 0.15) is 18.2 Å². The van der Waals surface area contributed by atoms with Crippen LogP contribution in [0.4, 0.5) is 13.2 Å². The number of carbonyl (C=O) groups excluding carboxylic acids is 1. The molecule has 1 amide bonds. The molecule has 4 nitrogen and oxygen atoms in total. The molecule has 0 aliphatic heterocycles. The first-order valence-corrected chi connectivity index (χ1v) is 8.23. The van der Waals surface area contributed by atoms with Gasteiger partial charge in [0.15, 0.2) is 5.16 Å². The van der Waals surface area contributed by atoms with E-state index in [1.807, 2.05) is 37.3 Å². The molecule has 0 radical (unpaired) electrons. The number of nitrogens with zero attached hydrogens (tertiary/aromatic N) is 3. The largest absolute Gasteiger partial charge is 0.433 e. The molecule has 0 bridgehead atoms. The van der Waals surface area contributed by atoms with E-state index in [0.717, 1.165) is 29.6 Å². The van der Waals surface area contributed by atoms with Gasteiger partial charge in [0.05, 0.1) is 5.75 Å². The summed E-state index contributed by atoms with van der Waals surface area (Å²) in [5, 5.41) is -0.0612. The first kappa shape index (κ1) is 18.3. The second kappa shape index (κ2) is 8.14. The van der Waals surface area contributed by atoms with E-state index >= 15 is 0 Å². The van der Waals surface area contributed by atoms with E-state index in [-0.39, 0.29) is 16.8 Å². The highest BCUT2D eigenvalue weighted by molar-refractivity contribution is 7.99. The SMILES string of the molecule is CCN(Cc1ccccc1)C(=O)CSc1nccc(C(F)(F)F)n1. The number of benzene rings is 1. The Morgan fingerprint density at radius 1 is 1.21 bits per heavy atom. The summed E-state index contributed by atoms with van der Waals surface area (Å²) >= 11 is 0.900. The van der Waals surface area contributed by atoms with Crippen molar-refractivity contribution < 1.29 is 18.0 Å². The quantitative estimate of drug-likeness (QED) is 0.586. The summed E-state index contributed by atoms with van der Waals surface area (Å²) in [7, 11) is 0. The molecule has 0 atom stereocenters. The van der Waals surface area contributed by atoms with Gasteiger partial charge in [0.25, 0.3) is 0 Å². The molecule has 0 unspecified atom stereocenters. The monoisotopic (exact) mass is 355 g/mol. The summed E-state index contributed by atoms with van der Waals surface area (Å²) in [5.74, 6) is -0.186. The zero-order valence-corrected chi connectivity index (χ0v) is 13.8. The van der Waals surface area contributed by atoms with Gasteiger partial charge in [-0.05, 0) is 18.6 Å². The molecule has 2 rings (SSSR count). The first-order valence-electron chi connectivity index (χ1n) is 7.25. The van der Waals surface area contributed by atoms with Crippen molar-refractivity contribution in [1.29, 1.82) is 0 Å². The maximum Gasteiger partial charge on any atom is 0.433 e. The fourth-order valence-corrected chi connectivity index (χ4v) is 2.70. The molecule has 0 saturated heterocycles. The molecule has 0 N–H and O–H groups in total. The van der Waals surface area contributed by atoms with Crippen LogP contribution in [-0.2, 0) is 17.5 Å². The fraction of sp³-hybridized carbons (Fsp3) is 0.312. The van der Waals surface area contributed by atoms with Crippen molar-refractivity contribution in [1.82, 2.24) is 14.9 Å². The van der Waals surface area contributed by atoms with Gasteiger partial charge in [0, 0.05) is 19.3 Å². The van der Waals surface area contributed by atoms with Crippen LogP contribution < -0.4 is 0 Å². The van der Waals surface area contributed by atoms with Gasteiger partial charge >= 0.3 is 6.18 Å². The molecule has 0 aliphatic carbocycles. The Bertz CT molecular complexity index is 680. The van der Waals surface area contributed by atoms with Crippen LogP contribution in [0.5, 0.6) is 0 Å². The summed E-state index contributed by atoms with van der Waals surface area (Å²) in [6.07, 6.45) is -3.48. The third-order valence-electron chi connectivity index (χ3n) is 3.20. The standard InChI is InChI=1S/C16H16F3N3OS/c1-2-22(10-12-6-4-3-5-7-12)14(23)11-24-15-20-9-8-13(21-15)16(17,18)19/h3-9H,2,10-11H2,1H3. The molecule has 0 saturated carbocycles. The molecule has 8 heteroatoms. The smallest absolute Gasteiger partial charge is 0.338 e. The Morgan fingerprint density at radius 3 is 2.54 bits per heavy atom. The minimum Gasteiger partial charge on any atom is -0.338 e. The number of rotatable bonds is 6. The maximum absolute atomic E-state index is 12.6. The van der Waals surface area contributed by atoms with Crippen LogP contribution in [0.3, 0.4) is 0 Å². The van der Waals surface area contributed by atoms with E-state index in [4.69, 9.17) is 0 Å². The van der Waals surface area contributed by atoms with Gasteiger partial charge in [-0.1, -0.05) is 42.1 Å². The van der Waals surface area contributed by atoms with E-state index in [9.17, 15) is 18.0 Å². The second-order valence-corrected chi connectivity index (χ2v) is 5.85. The highest BCUT2D eigenvalue weighted by Gasteiger charge is 2.32. The number of halogens is 3. The van der Waals surface area contributed by atoms with Crippen LogP contribution in [0.15, 0.2) is 47.8 Å². The van der Waals surface area contributed by atoms with Crippen molar-refractivity contribution in [3.8, 4) is 0 Å². The molecule has 1 heterocycles. The lowest BCUT2D eigenvalue weighted by atomic mass is 10.2. The van der Waals surface area contributed by atoms with Crippen molar-refractivity contribution in [2.24, 2.45) is 0 Å². The number of amides is 1. The van der Waals surface area contributed by atoms with Gasteiger partial charge in [-0.3, -0.25) is 4.79 Å². The lowest BCUT2D eigenvalue weighted by Gasteiger charge is -2.20. The zero-order chi connectivity index (χ0) is 17.6. The van der Waals surface area contributed by atoms with E-state index in [2.05, 4.69) is 9.97 Å². The summed E-state index contributed by atoms with van der Waals surface area (Å²) in [6.45, 7) is 2.82. The minimum absolute atomic E-state index is 0.0119. The molecule has 0 fully saturated rings. The summed E-state index contributed by atoms with van der Waals surface area (Å²) in [5.41, 5.74) is -0.0166. The van der Waals surface area contributed by atoms with Crippen molar-refractivity contribution >= 4 is 17.7 Å². The Balaban J connectivity index is 1.96. The molecular weight excluding hydrogens is 339 g/mol. The number of alkyl halides is 3. The highest BCUT2D eigenvalue weighted by Crippen LogP contribution is 2.28. The van der Waals surface area contributed by atoms with E-state index in [0.29, 0.717) is 13.1 Å². The van der Waals surface area contributed by atoms with Gasteiger partial charge in [-0.25, -0.2) is 9.97 Å². The van der Waals surface area contributed by atoms with Gasteiger partial charge in [0.2, 0.25) is 5.91 Å². The Labute approximate surface area is 142 Å². The lowest BCUT2D eigenvalue weighted by molar-refractivity contribution is -0.141. The zero-order valence-electron chi connectivity index (χ0n) is 13.0. The molecule has 0 aliphatic rings. The Hall–Kier alpha value is -2.09. The summed E-state index contributed by atoms with van der Waals surface area (Å²) in [4.78, 5) is 21.1. The number of carbonyl (C=O) groups is 1. The average molecular weight is 355 g/mol. The highest BCUT2D eigenvalue weighted by atomic mass is 32.2. The predicted molar refractivity (Wildman–Crippen MR) is 85.3 cm³/mol. The number of thioether (sulfide) groups is 1. The molecule has 24 heavy (non-hydrogen) atoms. The number of hydrogen-bond donors (Lipinski definition) is 0. The maximum atomic E-state index is 12.6.